The molecule has 0 radical (unpaired) electrons. The lowest BCUT2D eigenvalue weighted by Crippen LogP contribution is -2.47. The van der Waals surface area contributed by atoms with Crippen molar-refractivity contribution in [1.29, 1.82) is 0 Å². The van der Waals surface area contributed by atoms with Crippen LogP contribution in [-0.4, -0.2) is 40.4 Å². The van der Waals surface area contributed by atoms with Crippen molar-refractivity contribution in [2.75, 3.05) is 18.4 Å². The van der Waals surface area contributed by atoms with Gasteiger partial charge in [-0.2, -0.15) is 0 Å². The number of hydrogen-bond donors (Lipinski definition) is 2. The zero-order valence-corrected chi connectivity index (χ0v) is 18.4. The third-order valence-electron chi connectivity index (χ3n) is 6.63. The van der Waals surface area contributed by atoms with Gasteiger partial charge in [0.2, 0.25) is 11.8 Å². The number of carbonyl (C=O) groups excluding carboxylic acids is 2. The summed E-state index contributed by atoms with van der Waals surface area (Å²) in [7, 11) is 0. The molecule has 31 heavy (non-hydrogen) atoms. The number of anilines is 1. The summed E-state index contributed by atoms with van der Waals surface area (Å²) >= 11 is 0. The number of likely N-dealkylation sites (tertiary alicyclic amines) is 1. The molecule has 1 saturated heterocycles. The number of amides is 2. The van der Waals surface area contributed by atoms with Crippen LogP contribution in [0.4, 0.5) is 5.69 Å². The zero-order chi connectivity index (χ0) is 22.0. The van der Waals surface area contributed by atoms with Crippen molar-refractivity contribution in [3.8, 4) is 0 Å². The van der Waals surface area contributed by atoms with Crippen molar-refractivity contribution in [2.24, 2.45) is 11.7 Å². The SMILES string of the molecule is CCn1c2ccccc2c2cc(NC(=O)C(C)N3CCCC(CCC(N)=O)C3)ccc21. The van der Waals surface area contributed by atoms with E-state index < -0.39 is 0 Å². The van der Waals surface area contributed by atoms with Crippen LogP contribution in [0.25, 0.3) is 21.8 Å². The molecule has 1 aromatic heterocycles. The highest BCUT2D eigenvalue weighted by Gasteiger charge is 2.27. The number of nitrogens with one attached hydrogen (secondary N) is 1. The Hall–Kier alpha value is -2.86. The number of nitrogens with zero attached hydrogens (tertiary/aromatic N) is 2. The van der Waals surface area contributed by atoms with E-state index in [0.717, 1.165) is 50.0 Å². The summed E-state index contributed by atoms with van der Waals surface area (Å²) in [5, 5.41) is 5.49. The number of para-hydroxylation sites is 1. The molecule has 2 unspecified atom stereocenters. The predicted molar refractivity (Wildman–Crippen MR) is 126 cm³/mol. The average Bonchev–Trinajstić information content (AvgIpc) is 3.10. The summed E-state index contributed by atoms with van der Waals surface area (Å²) in [6.45, 7) is 6.76. The van der Waals surface area contributed by atoms with E-state index in [4.69, 9.17) is 5.73 Å². The van der Waals surface area contributed by atoms with Crippen LogP contribution >= 0.6 is 0 Å². The molecule has 2 amide bonds. The van der Waals surface area contributed by atoms with Gasteiger partial charge in [0.1, 0.15) is 0 Å². The van der Waals surface area contributed by atoms with Gasteiger partial charge in [0.15, 0.2) is 0 Å². The number of carbonyl (C=O) groups is 2. The molecule has 2 aromatic carbocycles. The van der Waals surface area contributed by atoms with Crippen LogP contribution in [0.2, 0.25) is 0 Å². The van der Waals surface area contributed by atoms with Gasteiger partial charge >= 0.3 is 0 Å². The lowest BCUT2D eigenvalue weighted by Gasteiger charge is -2.36. The molecular formula is C25H32N4O2. The first-order valence-corrected chi connectivity index (χ1v) is 11.3. The smallest absolute Gasteiger partial charge is 0.241 e. The van der Waals surface area contributed by atoms with Crippen LogP contribution in [0.5, 0.6) is 0 Å². The standard InChI is InChI=1S/C25H32N4O2/c1-3-29-22-9-5-4-8-20(22)21-15-19(11-12-23(21)29)27-25(31)17(2)28-14-6-7-18(16-28)10-13-24(26)30/h4-5,8-9,11-12,15,17-18H,3,6-7,10,13-14,16H2,1-2H3,(H2,26,30)(H,27,31). The summed E-state index contributed by atoms with van der Waals surface area (Å²) in [4.78, 5) is 26.3. The maximum atomic E-state index is 13.0. The van der Waals surface area contributed by atoms with Gasteiger partial charge in [0, 0.05) is 47.0 Å². The number of fused-ring (bicyclic) bond motifs is 3. The largest absolute Gasteiger partial charge is 0.370 e. The maximum Gasteiger partial charge on any atom is 0.241 e. The van der Waals surface area contributed by atoms with Crippen molar-refractivity contribution < 1.29 is 9.59 Å². The van der Waals surface area contributed by atoms with Gasteiger partial charge in [-0.15, -0.1) is 0 Å². The second kappa shape index (κ2) is 9.10. The minimum absolute atomic E-state index is 0.00845. The molecule has 0 saturated carbocycles. The molecule has 6 heteroatoms. The number of hydrogen-bond acceptors (Lipinski definition) is 3. The first kappa shape index (κ1) is 21.4. The van der Waals surface area contributed by atoms with E-state index in [9.17, 15) is 9.59 Å². The highest BCUT2D eigenvalue weighted by atomic mass is 16.2. The molecule has 2 heterocycles. The lowest BCUT2D eigenvalue weighted by atomic mass is 9.92. The molecule has 2 atom stereocenters. The van der Waals surface area contributed by atoms with E-state index in [0.29, 0.717) is 12.3 Å². The molecule has 3 aromatic rings. The van der Waals surface area contributed by atoms with Gasteiger partial charge in [-0.1, -0.05) is 18.2 Å². The van der Waals surface area contributed by atoms with E-state index in [2.05, 4.69) is 58.1 Å². The van der Waals surface area contributed by atoms with Crippen LogP contribution in [0, 0.1) is 5.92 Å². The number of benzene rings is 2. The summed E-state index contributed by atoms with van der Waals surface area (Å²) in [5.41, 5.74) is 8.53. The highest BCUT2D eigenvalue weighted by molar-refractivity contribution is 6.10. The Kier molecular flexibility index (Phi) is 6.28. The van der Waals surface area contributed by atoms with Crippen molar-refractivity contribution in [3.05, 3.63) is 42.5 Å². The van der Waals surface area contributed by atoms with Gasteiger partial charge in [0.25, 0.3) is 0 Å². The highest BCUT2D eigenvalue weighted by Crippen LogP contribution is 2.31. The van der Waals surface area contributed by atoms with Gasteiger partial charge in [-0.25, -0.2) is 0 Å². The molecular weight excluding hydrogens is 388 g/mol. The lowest BCUT2D eigenvalue weighted by molar-refractivity contribution is -0.122. The molecule has 1 fully saturated rings. The maximum absolute atomic E-state index is 13.0. The first-order chi connectivity index (χ1) is 15.0. The third-order valence-corrected chi connectivity index (χ3v) is 6.63. The molecule has 4 rings (SSSR count). The fourth-order valence-corrected chi connectivity index (χ4v) is 4.92. The predicted octanol–water partition coefficient (Wildman–Crippen LogP) is 4.12. The fraction of sp³-hybridized carbons (Fsp3) is 0.440. The van der Waals surface area contributed by atoms with Gasteiger partial charge in [-0.05, 0) is 69.8 Å². The van der Waals surface area contributed by atoms with E-state index in [1.54, 1.807) is 0 Å². The summed E-state index contributed by atoms with van der Waals surface area (Å²) in [5.74, 6) is 0.185. The van der Waals surface area contributed by atoms with Crippen molar-refractivity contribution in [2.45, 2.75) is 52.1 Å². The molecule has 164 valence electrons. The van der Waals surface area contributed by atoms with Crippen LogP contribution in [0.1, 0.15) is 39.5 Å². The second-order valence-corrected chi connectivity index (χ2v) is 8.67. The van der Waals surface area contributed by atoms with Gasteiger partial charge in [0.05, 0.1) is 6.04 Å². The Morgan fingerprint density at radius 2 is 1.94 bits per heavy atom. The fourth-order valence-electron chi connectivity index (χ4n) is 4.92. The van der Waals surface area contributed by atoms with Crippen LogP contribution in [-0.2, 0) is 16.1 Å². The topological polar surface area (TPSA) is 80.4 Å². The molecule has 0 bridgehead atoms. The minimum Gasteiger partial charge on any atom is -0.370 e. The Bertz CT molecular complexity index is 1100. The number of aryl methyl sites for hydroxylation is 1. The normalized spacial score (nSPS) is 18.3. The summed E-state index contributed by atoms with van der Waals surface area (Å²) < 4.78 is 2.30. The number of piperidine rings is 1. The first-order valence-electron chi connectivity index (χ1n) is 11.3. The van der Waals surface area contributed by atoms with E-state index in [1.807, 2.05) is 13.0 Å². The van der Waals surface area contributed by atoms with Crippen molar-refractivity contribution >= 4 is 39.3 Å². The Balaban J connectivity index is 1.49. The zero-order valence-electron chi connectivity index (χ0n) is 18.4. The number of nitrogens with two attached hydrogens (primary N) is 1. The third kappa shape index (κ3) is 4.44. The Morgan fingerprint density at radius 3 is 2.71 bits per heavy atom. The van der Waals surface area contributed by atoms with Crippen LogP contribution in [0.3, 0.4) is 0 Å². The van der Waals surface area contributed by atoms with Gasteiger partial charge in [-0.3, -0.25) is 14.5 Å². The second-order valence-electron chi connectivity index (χ2n) is 8.67. The number of primary amides is 1. The number of rotatable bonds is 7. The molecule has 1 aliphatic heterocycles. The van der Waals surface area contributed by atoms with E-state index >= 15 is 0 Å². The summed E-state index contributed by atoms with van der Waals surface area (Å²) in [6.07, 6.45) is 3.36. The Labute approximate surface area is 183 Å². The summed E-state index contributed by atoms with van der Waals surface area (Å²) in [6, 6.07) is 14.4. The molecule has 3 N–H and O–H groups in total. The quantitative estimate of drug-likeness (QED) is 0.603. The van der Waals surface area contributed by atoms with Crippen molar-refractivity contribution in [3.63, 3.8) is 0 Å². The monoisotopic (exact) mass is 420 g/mol. The van der Waals surface area contributed by atoms with Crippen LogP contribution in [0.15, 0.2) is 42.5 Å². The molecule has 0 spiro atoms. The van der Waals surface area contributed by atoms with Crippen LogP contribution < -0.4 is 11.1 Å². The van der Waals surface area contributed by atoms with Gasteiger partial charge < -0.3 is 15.6 Å². The molecule has 0 aliphatic carbocycles. The average molecular weight is 421 g/mol. The molecule has 6 nitrogen and oxygen atoms in total. The van der Waals surface area contributed by atoms with Crippen molar-refractivity contribution in [1.82, 2.24) is 9.47 Å². The minimum atomic E-state index is -0.247. The molecule has 1 aliphatic rings. The van der Waals surface area contributed by atoms with E-state index in [-0.39, 0.29) is 17.9 Å². The Morgan fingerprint density at radius 1 is 1.16 bits per heavy atom. The van der Waals surface area contributed by atoms with E-state index in [1.165, 1.54) is 16.4 Å². The number of aromatic nitrogens is 1.